The minimum absolute atomic E-state index is 0.0172. The number of carbonyl (C=O) groups excluding carboxylic acids is 1. The number of nitrogens with zero attached hydrogens (tertiary/aromatic N) is 3. The number of aromatic nitrogens is 2. The fraction of sp³-hybridized carbons (Fsp3) is 0.500. The number of carbonyl (C=O) groups is 1. The molecule has 4 rings (SSSR count). The van der Waals surface area contributed by atoms with Gasteiger partial charge in [-0.1, -0.05) is 0 Å². The van der Waals surface area contributed by atoms with Gasteiger partial charge in [-0.15, -0.1) is 0 Å². The number of nitrogens with one attached hydrogen (secondary N) is 1. The molecule has 1 amide bonds. The van der Waals surface area contributed by atoms with E-state index in [1.165, 1.54) is 6.92 Å². The number of aryl methyl sites for hydroxylation is 3. The molecule has 8 heteroatoms. The molecule has 0 radical (unpaired) electrons. The molecule has 1 aromatic heterocycles. The Hall–Kier alpha value is -2.19. The van der Waals surface area contributed by atoms with Gasteiger partial charge in [-0.2, -0.15) is 5.10 Å². The third kappa shape index (κ3) is 3.24. The van der Waals surface area contributed by atoms with Crippen molar-refractivity contribution in [2.75, 3.05) is 11.4 Å². The van der Waals surface area contributed by atoms with Gasteiger partial charge in [-0.3, -0.25) is 9.48 Å². The summed E-state index contributed by atoms with van der Waals surface area (Å²) in [6.45, 7) is 4.15. The van der Waals surface area contributed by atoms with Crippen molar-refractivity contribution >= 4 is 21.6 Å². The van der Waals surface area contributed by atoms with Gasteiger partial charge in [0.15, 0.2) is 0 Å². The van der Waals surface area contributed by atoms with Crippen molar-refractivity contribution in [1.82, 2.24) is 14.5 Å². The summed E-state index contributed by atoms with van der Waals surface area (Å²) >= 11 is 0. The Bertz CT molecular complexity index is 1040. The maximum absolute atomic E-state index is 13.1. The fourth-order valence-corrected chi connectivity index (χ4v) is 5.82. The van der Waals surface area contributed by atoms with Crippen molar-refractivity contribution in [2.24, 2.45) is 7.05 Å². The van der Waals surface area contributed by atoms with E-state index in [0.29, 0.717) is 6.54 Å². The largest absolute Gasteiger partial charge is 0.312 e. The summed E-state index contributed by atoms with van der Waals surface area (Å²) in [6.07, 6.45) is 4.23. The van der Waals surface area contributed by atoms with Crippen LogP contribution in [0.5, 0.6) is 0 Å². The van der Waals surface area contributed by atoms with E-state index in [-0.39, 0.29) is 16.8 Å². The van der Waals surface area contributed by atoms with Crippen LogP contribution >= 0.6 is 0 Å². The van der Waals surface area contributed by atoms with Gasteiger partial charge in [0, 0.05) is 37.5 Å². The number of rotatable bonds is 3. The molecule has 150 valence electrons. The Labute approximate surface area is 165 Å². The molecule has 0 bridgehead atoms. The van der Waals surface area contributed by atoms with E-state index >= 15 is 0 Å². The first-order valence-electron chi connectivity index (χ1n) is 9.73. The SMILES string of the molecule is CC(=O)N1CCCc2cc(S(=O)(=O)NC3CCCc4c3c(C)nn4C)ccc21. The molecule has 0 spiro atoms. The van der Waals surface area contributed by atoms with Crippen LogP contribution in [0.2, 0.25) is 0 Å². The quantitative estimate of drug-likeness (QED) is 0.854. The molecule has 1 aliphatic carbocycles. The fourth-order valence-electron chi connectivity index (χ4n) is 4.53. The summed E-state index contributed by atoms with van der Waals surface area (Å²) in [5.74, 6) is -0.0172. The molecule has 1 aromatic carbocycles. The highest BCUT2D eigenvalue weighted by Gasteiger charge is 2.31. The van der Waals surface area contributed by atoms with Crippen molar-refractivity contribution in [3.8, 4) is 0 Å². The Kier molecular flexibility index (Phi) is 4.79. The first-order chi connectivity index (χ1) is 13.3. The lowest BCUT2D eigenvalue weighted by molar-refractivity contribution is -0.116. The average Bonchev–Trinajstić information content (AvgIpc) is 2.95. The van der Waals surface area contributed by atoms with Crippen molar-refractivity contribution < 1.29 is 13.2 Å². The van der Waals surface area contributed by atoms with Gasteiger partial charge < -0.3 is 4.90 Å². The Balaban J connectivity index is 1.65. The zero-order valence-electron chi connectivity index (χ0n) is 16.5. The summed E-state index contributed by atoms with van der Waals surface area (Å²) in [6, 6.07) is 4.81. The molecule has 2 aliphatic rings. The predicted octanol–water partition coefficient (Wildman–Crippen LogP) is 2.38. The smallest absolute Gasteiger partial charge is 0.241 e. The molecule has 2 aromatic rings. The number of benzene rings is 1. The maximum Gasteiger partial charge on any atom is 0.241 e. The average molecular weight is 403 g/mol. The molecule has 1 aliphatic heterocycles. The number of anilines is 1. The molecular formula is C20H26N4O3S. The van der Waals surface area contributed by atoms with Crippen LogP contribution in [0.4, 0.5) is 5.69 Å². The Morgan fingerprint density at radius 1 is 1.25 bits per heavy atom. The van der Waals surface area contributed by atoms with Crippen LogP contribution in [-0.4, -0.2) is 30.7 Å². The van der Waals surface area contributed by atoms with Crippen LogP contribution in [0, 0.1) is 6.92 Å². The summed E-state index contributed by atoms with van der Waals surface area (Å²) in [5.41, 5.74) is 4.73. The highest BCUT2D eigenvalue weighted by Crippen LogP contribution is 2.34. The van der Waals surface area contributed by atoms with E-state index in [0.717, 1.165) is 60.3 Å². The van der Waals surface area contributed by atoms with E-state index in [2.05, 4.69) is 9.82 Å². The molecule has 1 unspecified atom stereocenters. The number of sulfonamides is 1. The minimum atomic E-state index is -3.67. The van der Waals surface area contributed by atoms with Crippen LogP contribution in [0.15, 0.2) is 23.1 Å². The topological polar surface area (TPSA) is 84.3 Å². The molecule has 2 heterocycles. The Morgan fingerprint density at radius 3 is 2.79 bits per heavy atom. The minimum Gasteiger partial charge on any atom is -0.312 e. The molecule has 28 heavy (non-hydrogen) atoms. The second kappa shape index (κ2) is 7.00. The molecular weight excluding hydrogens is 376 g/mol. The summed E-state index contributed by atoms with van der Waals surface area (Å²) < 4.78 is 31.0. The maximum atomic E-state index is 13.1. The molecule has 0 saturated heterocycles. The zero-order chi connectivity index (χ0) is 20.1. The monoisotopic (exact) mass is 402 g/mol. The van der Waals surface area contributed by atoms with Crippen molar-refractivity contribution in [1.29, 1.82) is 0 Å². The van der Waals surface area contributed by atoms with Crippen molar-refractivity contribution in [3.05, 3.63) is 40.7 Å². The summed E-state index contributed by atoms with van der Waals surface area (Å²) in [4.78, 5) is 13.8. The van der Waals surface area contributed by atoms with Gasteiger partial charge in [0.2, 0.25) is 15.9 Å². The van der Waals surface area contributed by atoms with Crippen molar-refractivity contribution in [3.63, 3.8) is 0 Å². The van der Waals surface area contributed by atoms with Crippen LogP contribution in [-0.2, 0) is 34.7 Å². The molecule has 0 fully saturated rings. The van der Waals surface area contributed by atoms with Gasteiger partial charge in [-0.05, 0) is 62.8 Å². The lowest BCUT2D eigenvalue weighted by Crippen LogP contribution is -2.34. The highest BCUT2D eigenvalue weighted by atomic mass is 32.2. The normalized spacial score (nSPS) is 19.2. The van der Waals surface area contributed by atoms with Crippen LogP contribution in [0.25, 0.3) is 0 Å². The van der Waals surface area contributed by atoms with Gasteiger partial charge in [0.05, 0.1) is 16.6 Å². The third-order valence-corrected chi connectivity index (χ3v) is 7.27. The van der Waals surface area contributed by atoms with Crippen LogP contribution < -0.4 is 9.62 Å². The zero-order valence-corrected chi connectivity index (χ0v) is 17.3. The molecule has 1 atom stereocenters. The summed E-state index contributed by atoms with van der Waals surface area (Å²) in [7, 11) is -1.76. The predicted molar refractivity (Wildman–Crippen MR) is 107 cm³/mol. The standard InChI is InChI=1S/C20H26N4O3S/c1-13-20-17(7-4-8-19(20)23(3)21-13)22-28(26,27)16-9-10-18-15(12-16)6-5-11-24(18)14(2)25/h9-10,12,17,22H,4-8,11H2,1-3H3. The first-order valence-corrected chi connectivity index (χ1v) is 11.2. The van der Waals surface area contributed by atoms with Gasteiger partial charge in [-0.25, -0.2) is 13.1 Å². The first kappa shape index (κ1) is 19.1. The lowest BCUT2D eigenvalue weighted by atomic mass is 9.92. The van der Waals surface area contributed by atoms with Crippen LogP contribution in [0.3, 0.4) is 0 Å². The number of hydrogen-bond donors (Lipinski definition) is 1. The molecule has 1 N–H and O–H groups in total. The van der Waals surface area contributed by atoms with E-state index in [1.54, 1.807) is 23.1 Å². The second-order valence-corrected chi connectivity index (χ2v) is 9.41. The van der Waals surface area contributed by atoms with E-state index in [4.69, 9.17) is 0 Å². The van der Waals surface area contributed by atoms with E-state index < -0.39 is 10.0 Å². The Morgan fingerprint density at radius 2 is 2.04 bits per heavy atom. The second-order valence-electron chi connectivity index (χ2n) is 7.70. The summed E-state index contributed by atoms with van der Waals surface area (Å²) in [5, 5.41) is 4.47. The lowest BCUT2D eigenvalue weighted by Gasteiger charge is -2.29. The van der Waals surface area contributed by atoms with E-state index in [9.17, 15) is 13.2 Å². The third-order valence-electron chi connectivity index (χ3n) is 5.80. The molecule has 7 nitrogen and oxygen atoms in total. The van der Waals surface area contributed by atoms with Gasteiger partial charge >= 0.3 is 0 Å². The van der Waals surface area contributed by atoms with E-state index in [1.807, 2.05) is 18.7 Å². The number of fused-ring (bicyclic) bond motifs is 2. The number of amides is 1. The number of hydrogen-bond acceptors (Lipinski definition) is 4. The van der Waals surface area contributed by atoms with Crippen molar-refractivity contribution in [2.45, 2.75) is 56.9 Å². The molecule has 0 saturated carbocycles. The highest BCUT2D eigenvalue weighted by molar-refractivity contribution is 7.89. The van der Waals surface area contributed by atoms with Crippen LogP contribution in [0.1, 0.15) is 54.7 Å². The van der Waals surface area contributed by atoms with Gasteiger partial charge in [0.1, 0.15) is 0 Å². The van der Waals surface area contributed by atoms with Gasteiger partial charge in [0.25, 0.3) is 0 Å².